The standard InChI is InChI=1S/C16H24BrN3O2.ClH/c1-22-15-4-2-13(12-14(15)17)3-5-16(21)19-8-11-20-9-6-18-7-10-20;/h2,4,12,18H,3,5-11H2,1H3,(H,19,21);1H. The fourth-order valence-corrected chi connectivity index (χ4v) is 3.09. The predicted octanol–water partition coefficient (Wildman–Crippen LogP) is 1.83. The lowest BCUT2D eigenvalue weighted by Gasteiger charge is -2.27. The summed E-state index contributed by atoms with van der Waals surface area (Å²) in [5, 5.41) is 6.32. The Balaban J connectivity index is 0.00000264. The van der Waals surface area contributed by atoms with Gasteiger partial charge in [0.15, 0.2) is 0 Å². The van der Waals surface area contributed by atoms with E-state index < -0.39 is 0 Å². The van der Waals surface area contributed by atoms with Crippen LogP contribution in [0.5, 0.6) is 5.75 Å². The summed E-state index contributed by atoms with van der Waals surface area (Å²) in [6.45, 7) is 5.87. The molecule has 1 aromatic carbocycles. The van der Waals surface area contributed by atoms with Gasteiger partial charge in [0.05, 0.1) is 11.6 Å². The Hall–Kier alpha value is -0.820. The normalized spacial score (nSPS) is 14.9. The van der Waals surface area contributed by atoms with Crippen LogP contribution in [0.15, 0.2) is 22.7 Å². The van der Waals surface area contributed by atoms with Crippen LogP contribution in [0.25, 0.3) is 0 Å². The number of halogens is 2. The molecular formula is C16H25BrClN3O2. The SMILES string of the molecule is COc1ccc(CCC(=O)NCCN2CCNCC2)cc1Br.Cl. The van der Waals surface area contributed by atoms with Gasteiger partial charge in [-0.1, -0.05) is 6.07 Å². The van der Waals surface area contributed by atoms with Crippen LogP contribution < -0.4 is 15.4 Å². The summed E-state index contributed by atoms with van der Waals surface area (Å²) in [5.74, 6) is 0.922. The number of hydrogen-bond acceptors (Lipinski definition) is 4. The highest BCUT2D eigenvalue weighted by molar-refractivity contribution is 9.10. The molecule has 1 heterocycles. The van der Waals surface area contributed by atoms with E-state index in [1.807, 2.05) is 18.2 Å². The van der Waals surface area contributed by atoms with Crippen LogP contribution in [-0.4, -0.2) is 57.2 Å². The van der Waals surface area contributed by atoms with Crippen molar-refractivity contribution in [2.45, 2.75) is 12.8 Å². The van der Waals surface area contributed by atoms with Crippen molar-refractivity contribution in [3.63, 3.8) is 0 Å². The minimum atomic E-state index is 0. The summed E-state index contributed by atoms with van der Waals surface area (Å²) in [6, 6.07) is 5.92. The van der Waals surface area contributed by atoms with E-state index in [0.717, 1.165) is 61.5 Å². The van der Waals surface area contributed by atoms with Crippen molar-refractivity contribution in [1.82, 2.24) is 15.5 Å². The summed E-state index contributed by atoms with van der Waals surface area (Å²) in [6.07, 6.45) is 1.25. The van der Waals surface area contributed by atoms with E-state index >= 15 is 0 Å². The number of nitrogens with one attached hydrogen (secondary N) is 2. The first-order chi connectivity index (χ1) is 10.7. The number of benzene rings is 1. The van der Waals surface area contributed by atoms with E-state index in [1.165, 1.54) is 0 Å². The van der Waals surface area contributed by atoms with Crippen LogP contribution in [0.2, 0.25) is 0 Å². The first-order valence-corrected chi connectivity index (χ1v) is 8.50. The molecule has 1 amide bonds. The van der Waals surface area contributed by atoms with Crippen molar-refractivity contribution in [3.05, 3.63) is 28.2 Å². The van der Waals surface area contributed by atoms with Gasteiger partial charge in [0.2, 0.25) is 5.91 Å². The van der Waals surface area contributed by atoms with Crippen molar-refractivity contribution in [1.29, 1.82) is 0 Å². The Bertz CT molecular complexity index is 496. The second kappa shape index (κ2) is 10.9. The summed E-state index contributed by atoms with van der Waals surface area (Å²) >= 11 is 3.46. The van der Waals surface area contributed by atoms with Gasteiger partial charge in [-0.25, -0.2) is 0 Å². The van der Waals surface area contributed by atoms with Crippen molar-refractivity contribution in [2.75, 3.05) is 46.4 Å². The minimum absolute atomic E-state index is 0. The zero-order valence-electron chi connectivity index (χ0n) is 13.4. The van der Waals surface area contributed by atoms with Crippen LogP contribution in [0, 0.1) is 0 Å². The van der Waals surface area contributed by atoms with Crippen LogP contribution in [-0.2, 0) is 11.2 Å². The topological polar surface area (TPSA) is 53.6 Å². The lowest BCUT2D eigenvalue weighted by atomic mass is 10.1. The number of carbonyl (C=O) groups is 1. The molecule has 0 spiro atoms. The van der Waals surface area contributed by atoms with Crippen LogP contribution >= 0.6 is 28.3 Å². The van der Waals surface area contributed by atoms with E-state index in [1.54, 1.807) is 7.11 Å². The third kappa shape index (κ3) is 7.08. The van der Waals surface area contributed by atoms with Crippen LogP contribution in [0.3, 0.4) is 0 Å². The Morgan fingerprint density at radius 2 is 2.13 bits per heavy atom. The first kappa shape index (κ1) is 20.2. The molecule has 1 saturated heterocycles. The van der Waals surface area contributed by atoms with Gasteiger partial charge >= 0.3 is 0 Å². The Morgan fingerprint density at radius 3 is 2.78 bits per heavy atom. The average Bonchev–Trinajstić information content (AvgIpc) is 2.54. The third-order valence-electron chi connectivity index (χ3n) is 3.82. The molecule has 7 heteroatoms. The lowest BCUT2D eigenvalue weighted by Crippen LogP contribution is -2.46. The average molecular weight is 407 g/mol. The minimum Gasteiger partial charge on any atom is -0.496 e. The largest absolute Gasteiger partial charge is 0.496 e. The molecule has 130 valence electrons. The number of aryl methyl sites for hydroxylation is 1. The number of ether oxygens (including phenoxy) is 1. The van der Waals surface area contributed by atoms with Gasteiger partial charge in [-0.2, -0.15) is 0 Å². The number of hydrogen-bond donors (Lipinski definition) is 2. The van der Waals surface area contributed by atoms with Gasteiger partial charge in [-0.15, -0.1) is 12.4 Å². The maximum absolute atomic E-state index is 11.9. The number of methoxy groups -OCH3 is 1. The molecule has 0 unspecified atom stereocenters. The number of nitrogens with zero attached hydrogens (tertiary/aromatic N) is 1. The fourth-order valence-electron chi connectivity index (χ4n) is 2.50. The Morgan fingerprint density at radius 1 is 1.39 bits per heavy atom. The van der Waals surface area contributed by atoms with Gasteiger partial charge in [-0.05, 0) is 40.0 Å². The van der Waals surface area contributed by atoms with Crippen molar-refractivity contribution < 1.29 is 9.53 Å². The van der Waals surface area contributed by atoms with Crippen molar-refractivity contribution >= 4 is 34.2 Å². The zero-order valence-corrected chi connectivity index (χ0v) is 15.8. The maximum Gasteiger partial charge on any atom is 0.220 e. The molecule has 0 bridgehead atoms. The smallest absolute Gasteiger partial charge is 0.220 e. The molecule has 23 heavy (non-hydrogen) atoms. The molecule has 0 aromatic heterocycles. The molecule has 0 aliphatic carbocycles. The van der Waals surface area contributed by atoms with Crippen LogP contribution in [0.4, 0.5) is 0 Å². The molecule has 2 N–H and O–H groups in total. The van der Waals surface area contributed by atoms with E-state index in [0.29, 0.717) is 6.42 Å². The lowest BCUT2D eigenvalue weighted by molar-refractivity contribution is -0.121. The molecule has 1 fully saturated rings. The van der Waals surface area contributed by atoms with Crippen molar-refractivity contribution in [3.8, 4) is 5.75 Å². The molecule has 1 aliphatic rings. The van der Waals surface area contributed by atoms with E-state index in [-0.39, 0.29) is 18.3 Å². The van der Waals surface area contributed by atoms with Gasteiger partial charge in [0.25, 0.3) is 0 Å². The van der Waals surface area contributed by atoms with E-state index in [9.17, 15) is 4.79 Å². The predicted molar refractivity (Wildman–Crippen MR) is 98.6 cm³/mol. The highest BCUT2D eigenvalue weighted by Crippen LogP contribution is 2.25. The van der Waals surface area contributed by atoms with Gasteiger partial charge in [-0.3, -0.25) is 9.69 Å². The highest BCUT2D eigenvalue weighted by atomic mass is 79.9. The number of rotatable bonds is 7. The molecule has 1 aliphatic heterocycles. The summed E-state index contributed by atoms with van der Waals surface area (Å²) < 4.78 is 6.12. The van der Waals surface area contributed by atoms with E-state index in [2.05, 4.69) is 31.5 Å². The highest BCUT2D eigenvalue weighted by Gasteiger charge is 2.09. The number of amides is 1. The molecule has 0 atom stereocenters. The first-order valence-electron chi connectivity index (χ1n) is 7.71. The molecule has 2 rings (SSSR count). The summed E-state index contributed by atoms with van der Waals surface area (Å²) in [4.78, 5) is 14.3. The second-order valence-corrected chi connectivity index (χ2v) is 6.26. The monoisotopic (exact) mass is 405 g/mol. The van der Waals surface area contributed by atoms with Gasteiger partial charge in [0, 0.05) is 45.7 Å². The third-order valence-corrected chi connectivity index (χ3v) is 4.44. The second-order valence-electron chi connectivity index (χ2n) is 5.41. The molecule has 1 aromatic rings. The molecule has 0 saturated carbocycles. The maximum atomic E-state index is 11.9. The number of carbonyl (C=O) groups excluding carboxylic acids is 1. The van der Waals surface area contributed by atoms with Gasteiger partial charge < -0.3 is 15.4 Å². The van der Waals surface area contributed by atoms with Crippen LogP contribution in [0.1, 0.15) is 12.0 Å². The quantitative estimate of drug-likeness (QED) is 0.725. The molecular weight excluding hydrogens is 382 g/mol. The fraction of sp³-hybridized carbons (Fsp3) is 0.562. The Kier molecular flexibility index (Phi) is 9.55. The number of piperazine rings is 1. The zero-order chi connectivity index (χ0) is 15.8. The molecule has 5 nitrogen and oxygen atoms in total. The van der Waals surface area contributed by atoms with Crippen molar-refractivity contribution in [2.24, 2.45) is 0 Å². The summed E-state index contributed by atoms with van der Waals surface area (Å²) in [5.41, 5.74) is 1.13. The van der Waals surface area contributed by atoms with E-state index in [4.69, 9.17) is 4.74 Å². The summed E-state index contributed by atoms with van der Waals surface area (Å²) in [7, 11) is 1.64. The Labute approximate surface area is 152 Å². The molecule has 0 radical (unpaired) electrons. The van der Waals surface area contributed by atoms with Gasteiger partial charge in [0.1, 0.15) is 5.75 Å².